The summed E-state index contributed by atoms with van der Waals surface area (Å²) in [4.78, 5) is 30.9. The molecule has 2 amide bonds. The van der Waals surface area contributed by atoms with Gasteiger partial charge in [-0.25, -0.2) is 4.98 Å². The van der Waals surface area contributed by atoms with Gasteiger partial charge in [0.15, 0.2) is 5.13 Å². The summed E-state index contributed by atoms with van der Waals surface area (Å²) in [6.45, 7) is 3.29. The van der Waals surface area contributed by atoms with Crippen molar-refractivity contribution in [3.63, 3.8) is 0 Å². The number of likely N-dealkylation sites (tertiary alicyclic amines) is 1. The number of anilines is 1. The van der Waals surface area contributed by atoms with E-state index >= 15 is 0 Å². The molecule has 1 saturated heterocycles. The van der Waals surface area contributed by atoms with Gasteiger partial charge < -0.3 is 19.4 Å². The first-order valence-corrected chi connectivity index (χ1v) is 9.58. The molecule has 3 heterocycles. The summed E-state index contributed by atoms with van der Waals surface area (Å²) in [5.74, 6) is 0.868. The zero-order chi connectivity index (χ0) is 18.8. The highest BCUT2D eigenvalue weighted by molar-refractivity contribution is 7.22. The van der Waals surface area contributed by atoms with E-state index in [2.05, 4.69) is 10.3 Å². The van der Waals surface area contributed by atoms with Crippen LogP contribution in [-0.2, 0) is 16.1 Å². The molecule has 140 valence electrons. The van der Waals surface area contributed by atoms with Crippen molar-refractivity contribution in [2.24, 2.45) is 5.92 Å². The van der Waals surface area contributed by atoms with Crippen LogP contribution in [0.3, 0.4) is 0 Å². The molecule has 0 radical (unpaired) electrons. The van der Waals surface area contributed by atoms with E-state index < -0.39 is 5.92 Å². The number of carbonyl (C=O) groups excluding carboxylic acids is 2. The van der Waals surface area contributed by atoms with Gasteiger partial charge in [-0.15, -0.1) is 0 Å². The van der Waals surface area contributed by atoms with Crippen molar-refractivity contribution in [3.05, 3.63) is 42.4 Å². The Kier molecular flexibility index (Phi) is 4.81. The average Bonchev–Trinajstić information content (AvgIpc) is 3.36. The molecule has 1 aliphatic heterocycles. The lowest BCUT2D eigenvalue weighted by Crippen LogP contribution is -2.27. The second-order valence-corrected chi connectivity index (χ2v) is 7.36. The SMILES string of the molecule is CCOc1ccc2nc(NC(=O)[C@@H]3CC(=O)N(Cc4ccco4)C3)sc2c1. The normalized spacial score (nSPS) is 16.9. The molecule has 0 unspecified atom stereocenters. The second-order valence-electron chi connectivity index (χ2n) is 6.33. The minimum atomic E-state index is -0.390. The number of thiazole rings is 1. The lowest BCUT2D eigenvalue weighted by atomic mass is 10.1. The van der Waals surface area contributed by atoms with Crippen molar-refractivity contribution in [1.82, 2.24) is 9.88 Å². The van der Waals surface area contributed by atoms with Gasteiger partial charge in [0.1, 0.15) is 11.5 Å². The smallest absolute Gasteiger partial charge is 0.231 e. The number of furan rings is 1. The third-order valence-corrected chi connectivity index (χ3v) is 5.35. The maximum Gasteiger partial charge on any atom is 0.231 e. The molecule has 3 aromatic rings. The number of benzene rings is 1. The quantitative estimate of drug-likeness (QED) is 0.704. The molecule has 0 bridgehead atoms. The van der Waals surface area contributed by atoms with Crippen LogP contribution in [0, 0.1) is 5.92 Å². The Balaban J connectivity index is 1.41. The highest BCUT2D eigenvalue weighted by Gasteiger charge is 2.35. The van der Waals surface area contributed by atoms with Gasteiger partial charge in [0.25, 0.3) is 0 Å². The summed E-state index contributed by atoms with van der Waals surface area (Å²) in [6.07, 6.45) is 1.77. The van der Waals surface area contributed by atoms with Gasteiger partial charge in [0.05, 0.1) is 35.5 Å². The summed E-state index contributed by atoms with van der Waals surface area (Å²) in [6, 6.07) is 9.24. The van der Waals surface area contributed by atoms with E-state index in [0.717, 1.165) is 16.0 Å². The Morgan fingerprint density at radius 1 is 1.44 bits per heavy atom. The number of amides is 2. The van der Waals surface area contributed by atoms with Crippen molar-refractivity contribution < 1.29 is 18.7 Å². The van der Waals surface area contributed by atoms with Gasteiger partial charge in [-0.05, 0) is 37.3 Å². The van der Waals surface area contributed by atoms with Crippen LogP contribution >= 0.6 is 11.3 Å². The number of hydrogen-bond donors (Lipinski definition) is 1. The molecular weight excluding hydrogens is 366 g/mol. The molecular formula is C19H19N3O4S. The highest BCUT2D eigenvalue weighted by Crippen LogP contribution is 2.30. The van der Waals surface area contributed by atoms with Crippen molar-refractivity contribution >= 4 is 38.5 Å². The van der Waals surface area contributed by atoms with Crippen molar-refractivity contribution in [2.75, 3.05) is 18.5 Å². The molecule has 27 heavy (non-hydrogen) atoms. The lowest BCUT2D eigenvalue weighted by molar-refractivity contribution is -0.128. The Hall–Kier alpha value is -2.87. The third-order valence-electron chi connectivity index (χ3n) is 4.41. The molecule has 0 aliphatic carbocycles. The van der Waals surface area contributed by atoms with Crippen LogP contribution in [0.5, 0.6) is 5.75 Å². The first-order valence-electron chi connectivity index (χ1n) is 8.77. The molecule has 0 spiro atoms. The Bertz CT molecular complexity index is 967. The van der Waals surface area contributed by atoms with E-state index in [1.807, 2.05) is 31.2 Å². The third kappa shape index (κ3) is 3.80. The minimum absolute atomic E-state index is 0.0443. The monoisotopic (exact) mass is 385 g/mol. The molecule has 7 nitrogen and oxygen atoms in total. The second kappa shape index (κ2) is 7.40. The molecule has 1 fully saturated rings. The summed E-state index contributed by atoms with van der Waals surface area (Å²) in [5, 5.41) is 3.38. The number of nitrogens with one attached hydrogen (secondary N) is 1. The van der Waals surface area contributed by atoms with Crippen molar-refractivity contribution in [1.29, 1.82) is 0 Å². The van der Waals surface area contributed by atoms with Gasteiger partial charge in [0, 0.05) is 13.0 Å². The fraction of sp³-hybridized carbons (Fsp3) is 0.316. The standard InChI is InChI=1S/C19H19N3O4S/c1-2-25-13-5-6-15-16(9-13)27-19(20-15)21-18(24)12-8-17(23)22(10-12)11-14-4-3-7-26-14/h3-7,9,12H,2,8,10-11H2,1H3,(H,20,21,24)/t12-/m1/s1. The maximum atomic E-state index is 12.6. The van der Waals surface area contributed by atoms with Crippen LogP contribution in [0.1, 0.15) is 19.1 Å². The van der Waals surface area contributed by atoms with E-state index in [1.165, 1.54) is 11.3 Å². The molecule has 1 atom stereocenters. The first kappa shape index (κ1) is 17.5. The van der Waals surface area contributed by atoms with Gasteiger partial charge in [-0.3, -0.25) is 9.59 Å². The van der Waals surface area contributed by atoms with Gasteiger partial charge in [0.2, 0.25) is 11.8 Å². The predicted molar refractivity (Wildman–Crippen MR) is 102 cm³/mol. The Labute approximate surface area is 159 Å². The summed E-state index contributed by atoms with van der Waals surface area (Å²) >= 11 is 1.39. The van der Waals surface area contributed by atoms with E-state index in [4.69, 9.17) is 9.15 Å². The Morgan fingerprint density at radius 3 is 3.11 bits per heavy atom. The van der Waals surface area contributed by atoms with Gasteiger partial charge in [-0.1, -0.05) is 11.3 Å². The van der Waals surface area contributed by atoms with Crippen LogP contribution in [-0.4, -0.2) is 34.8 Å². The number of rotatable bonds is 6. The molecule has 2 aromatic heterocycles. The number of fused-ring (bicyclic) bond motifs is 1. The fourth-order valence-corrected chi connectivity index (χ4v) is 4.01. The van der Waals surface area contributed by atoms with Crippen LogP contribution < -0.4 is 10.1 Å². The van der Waals surface area contributed by atoms with E-state index in [9.17, 15) is 9.59 Å². The highest BCUT2D eigenvalue weighted by atomic mass is 32.1. The molecule has 1 aromatic carbocycles. The van der Waals surface area contributed by atoms with Crippen LogP contribution in [0.25, 0.3) is 10.2 Å². The topological polar surface area (TPSA) is 84.7 Å². The number of carbonyl (C=O) groups is 2. The van der Waals surface area contributed by atoms with E-state index in [1.54, 1.807) is 17.2 Å². The largest absolute Gasteiger partial charge is 0.494 e. The van der Waals surface area contributed by atoms with Crippen LogP contribution in [0.4, 0.5) is 5.13 Å². The van der Waals surface area contributed by atoms with Crippen molar-refractivity contribution in [3.8, 4) is 5.75 Å². The maximum absolute atomic E-state index is 12.6. The molecule has 8 heteroatoms. The zero-order valence-corrected chi connectivity index (χ0v) is 15.6. The molecule has 0 saturated carbocycles. The summed E-state index contributed by atoms with van der Waals surface area (Å²) in [7, 11) is 0. The van der Waals surface area contributed by atoms with Crippen LogP contribution in [0.15, 0.2) is 41.0 Å². The summed E-state index contributed by atoms with van der Waals surface area (Å²) < 4.78 is 11.7. The van der Waals surface area contributed by atoms with Gasteiger partial charge >= 0.3 is 0 Å². The van der Waals surface area contributed by atoms with Crippen LogP contribution in [0.2, 0.25) is 0 Å². The fourth-order valence-electron chi connectivity index (χ4n) is 3.11. The number of nitrogens with zero attached hydrogens (tertiary/aromatic N) is 2. The lowest BCUT2D eigenvalue weighted by Gasteiger charge is -2.14. The number of ether oxygens (including phenoxy) is 1. The molecule has 1 aliphatic rings. The van der Waals surface area contributed by atoms with Gasteiger partial charge in [-0.2, -0.15) is 0 Å². The molecule has 1 N–H and O–H groups in total. The molecule has 4 rings (SSSR count). The number of aromatic nitrogens is 1. The zero-order valence-electron chi connectivity index (χ0n) is 14.8. The summed E-state index contributed by atoms with van der Waals surface area (Å²) in [5.41, 5.74) is 0.806. The van der Waals surface area contributed by atoms with Crippen molar-refractivity contribution in [2.45, 2.75) is 19.9 Å². The first-order chi connectivity index (χ1) is 13.1. The van der Waals surface area contributed by atoms with E-state index in [-0.39, 0.29) is 18.2 Å². The predicted octanol–water partition coefficient (Wildman–Crippen LogP) is 3.28. The minimum Gasteiger partial charge on any atom is -0.494 e. The average molecular weight is 385 g/mol. The Morgan fingerprint density at radius 2 is 2.33 bits per heavy atom. The van der Waals surface area contributed by atoms with E-state index in [0.29, 0.717) is 30.6 Å². The number of hydrogen-bond acceptors (Lipinski definition) is 6.